The average Bonchev–Trinajstić information content (AvgIpc) is 2.56. The van der Waals surface area contributed by atoms with Crippen molar-refractivity contribution in [3.05, 3.63) is 71.8 Å². The normalized spacial score (nSPS) is 10.9. The molecule has 0 aromatic heterocycles. The number of carboxylic acid groups (broad SMARTS) is 2. The third kappa shape index (κ3) is 5.54. The molecule has 0 radical (unpaired) electrons. The van der Waals surface area contributed by atoms with Crippen molar-refractivity contribution in [3.8, 4) is 0 Å². The molecule has 0 heterocycles. The van der Waals surface area contributed by atoms with Crippen LogP contribution in [0.25, 0.3) is 0 Å². The van der Waals surface area contributed by atoms with Gasteiger partial charge in [-0.05, 0) is 42.7 Å². The number of hydrogen-bond acceptors (Lipinski definition) is 2. The van der Waals surface area contributed by atoms with E-state index in [2.05, 4.69) is 0 Å². The summed E-state index contributed by atoms with van der Waals surface area (Å²) in [5, 5.41) is 18.1. The van der Waals surface area contributed by atoms with Gasteiger partial charge in [0.15, 0.2) is 5.92 Å². The van der Waals surface area contributed by atoms with Crippen LogP contribution in [0.4, 0.5) is 0 Å². The number of benzene rings is 2. The van der Waals surface area contributed by atoms with E-state index in [-0.39, 0.29) is 12.3 Å². The lowest BCUT2D eigenvalue weighted by atomic mass is 9.86. The van der Waals surface area contributed by atoms with Gasteiger partial charge in [-0.15, -0.1) is 0 Å². The van der Waals surface area contributed by atoms with Crippen LogP contribution in [0.2, 0.25) is 0 Å². The lowest BCUT2D eigenvalue weighted by molar-refractivity contribution is -0.154. The Labute approximate surface area is 141 Å². The monoisotopic (exact) mass is 326 g/mol. The molecule has 0 aliphatic carbocycles. The van der Waals surface area contributed by atoms with Crippen LogP contribution in [0.3, 0.4) is 0 Å². The minimum atomic E-state index is -1.33. The van der Waals surface area contributed by atoms with Crippen LogP contribution in [0.15, 0.2) is 60.7 Å². The Bertz CT molecular complexity index is 596. The molecule has 4 heteroatoms. The predicted molar refractivity (Wildman–Crippen MR) is 91.8 cm³/mol. The van der Waals surface area contributed by atoms with Gasteiger partial charge in [0.05, 0.1) is 0 Å². The van der Waals surface area contributed by atoms with Gasteiger partial charge < -0.3 is 10.2 Å². The summed E-state index contributed by atoms with van der Waals surface area (Å²) in [6.07, 6.45) is 2.32. The third-order valence-corrected chi connectivity index (χ3v) is 4.19. The summed E-state index contributed by atoms with van der Waals surface area (Å²) in [5.74, 6) is -3.66. The van der Waals surface area contributed by atoms with Crippen LogP contribution >= 0.6 is 0 Å². The maximum Gasteiger partial charge on any atom is 0.317 e. The molecule has 0 atom stereocenters. The highest BCUT2D eigenvalue weighted by atomic mass is 16.4. The number of hydrogen-bond donors (Lipinski definition) is 2. The van der Waals surface area contributed by atoms with Gasteiger partial charge in [0, 0.05) is 0 Å². The van der Waals surface area contributed by atoms with Crippen molar-refractivity contribution in [1.29, 1.82) is 0 Å². The maximum atomic E-state index is 11.1. The zero-order chi connectivity index (χ0) is 17.4. The van der Waals surface area contributed by atoms with Crippen molar-refractivity contribution in [2.45, 2.75) is 25.7 Å². The Kier molecular flexibility index (Phi) is 6.55. The van der Waals surface area contributed by atoms with Crippen molar-refractivity contribution in [2.75, 3.05) is 0 Å². The second-order valence-electron chi connectivity index (χ2n) is 6.05. The Morgan fingerprint density at radius 1 is 0.708 bits per heavy atom. The predicted octanol–water partition coefficient (Wildman–Crippen LogP) is 3.65. The van der Waals surface area contributed by atoms with Crippen molar-refractivity contribution in [1.82, 2.24) is 0 Å². The molecule has 0 spiro atoms. The number of rotatable bonds is 9. The van der Waals surface area contributed by atoms with Crippen LogP contribution in [0.1, 0.15) is 24.0 Å². The Morgan fingerprint density at radius 3 is 1.50 bits per heavy atom. The fourth-order valence-electron chi connectivity index (χ4n) is 2.93. The minimum absolute atomic E-state index is 0.148. The maximum absolute atomic E-state index is 11.1. The van der Waals surface area contributed by atoms with Crippen LogP contribution in [-0.2, 0) is 22.4 Å². The minimum Gasteiger partial charge on any atom is -0.481 e. The molecule has 0 unspecified atom stereocenters. The molecule has 0 saturated carbocycles. The SMILES string of the molecule is O=C(O)C(CCC(Cc1ccccc1)Cc1ccccc1)C(=O)O. The Balaban J connectivity index is 2.07. The van der Waals surface area contributed by atoms with Gasteiger partial charge in [-0.3, -0.25) is 9.59 Å². The molecule has 2 aromatic carbocycles. The van der Waals surface area contributed by atoms with Crippen molar-refractivity contribution < 1.29 is 19.8 Å². The molecule has 0 bridgehead atoms. The van der Waals surface area contributed by atoms with E-state index < -0.39 is 17.9 Å². The van der Waals surface area contributed by atoms with E-state index in [4.69, 9.17) is 10.2 Å². The smallest absolute Gasteiger partial charge is 0.317 e. The molecule has 0 amide bonds. The summed E-state index contributed by atoms with van der Waals surface area (Å²) in [4.78, 5) is 22.2. The molecule has 0 aliphatic rings. The molecule has 24 heavy (non-hydrogen) atoms. The summed E-state index contributed by atoms with van der Waals surface area (Å²) in [6.45, 7) is 0. The van der Waals surface area contributed by atoms with E-state index in [1.165, 1.54) is 11.1 Å². The highest BCUT2D eigenvalue weighted by Crippen LogP contribution is 2.22. The quantitative estimate of drug-likeness (QED) is 0.690. The largest absolute Gasteiger partial charge is 0.481 e. The molecular weight excluding hydrogens is 304 g/mol. The molecule has 0 fully saturated rings. The standard InChI is InChI=1S/C20H22O4/c21-19(22)18(20(23)24)12-11-17(13-15-7-3-1-4-8-15)14-16-9-5-2-6-10-16/h1-10,17-18H,11-14H2,(H,21,22)(H,23,24). The van der Waals surface area contributed by atoms with E-state index in [0.717, 1.165) is 12.8 Å². The van der Waals surface area contributed by atoms with Crippen LogP contribution in [-0.4, -0.2) is 22.2 Å². The fraction of sp³-hybridized carbons (Fsp3) is 0.300. The van der Waals surface area contributed by atoms with E-state index in [9.17, 15) is 9.59 Å². The van der Waals surface area contributed by atoms with E-state index in [0.29, 0.717) is 6.42 Å². The Hall–Kier alpha value is -2.62. The highest BCUT2D eigenvalue weighted by molar-refractivity contribution is 5.92. The van der Waals surface area contributed by atoms with Gasteiger partial charge >= 0.3 is 11.9 Å². The van der Waals surface area contributed by atoms with Gasteiger partial charge in [0.1, 0.15) is 0 Å². The Morgan fingerprint density at radius 2 is 1.12 bits per heavy atom. The molecule has 126 valence electrons. The summed E-state index contributed by atoms with van der Waals surface area (Å²) in [5.41, 5.74) is 2.36. The lowest BCUT2D eigenvalue weighted by Crippen LogP contribution is -2.24. The van der Waals surface area contributed by atoms with Crippen LogP contribution in [0, 0.1) is 11.8 Å². The number of carbonyl (C=O) groups is 2. The second kappa shape index (κ2) is 8.87. The van der Waals surface area contributed by atoms with Gasteiger partial charge in [0.2, 0.25) is 0 Å². The zero-order valence-electron chi connectivity index (χ0n) is 13.5. The van der Waals surface area contributed by atoms with Gasteiger partial charge in [-0.25, -0.2) is 0 Å². The van der Waals surface area contributed by atoms with Crippen molar-refractivity contribution in [2.24, 2.45) is 11.8 Å². The van der Waals surface area contributed by atoms with Crippen LogP contribution < -0.4 is 0 Å². The molecule has 2 N–H and O–H groups in total. The first-order chi connectivity index (χ1) is 11.6. The van der Waals surface area contributed by atoms with Gasteiger partial charge in [0.25, 0.3) is 0 Å². The first kappa shape index (κ1) is 17.7. The third-order valence-electron chi connectivity index (χ3n) is 4.19. The van der Waals surface area contributed by atoms with Crippen molar-refractivity contribution in [3.63, 3.8) is 0 Å². The molecule has 0 aliphatic heterocycles. The fourth-order valence-corrected chi connectivity index (χ4v) is 2.93. The number of aliphatic carboxylic acids is 2. The van der Waals surface area contributed by atoms with Gasteiger partial charge in [-0.2, -0.15) is 0 Å². The van der Waals surface area contributed by atoms with E-state index in [1.807, 2.05) is 60.7 Å². The topological polar surface area (TPSA) is 74.6 Å². The summed E-state index contributed by atoms with van der Waals surface area (Å²) in [7, 11) is 0. The van der Waals surface area contributed by atoms with Crippen molar-refractivity contribution >= 4 is 11.9 Å². The molecule has 2 rings (SSSR count). The lowest BCUT2D eigenvalue weighted by Gasteiger charge is -2.18. The average molecular weight is 326 g/mol. The van der Waals surface area contributed by atoms with Crippen LogP contribution in [0.5, 0.6) is 0 Å². The summed E-state index contributed by atoms with van der Waals surface area (Å²) in [6, 6.07) is 20.0. The molecule has 4 nitrogen and oxygen atoms in total. The highest BCUT2D eigenvalue weighted by Gasteiger charge is 2.26. The first-order valence-electron chi connectivity index (χ1n) is 8.09. The molecular formula is C20H22O4. The zero-order valence-corrected chi connectivity index (χ0v) is 13.5. The first-order valence-corrected chi connectivity index (χ1v) is 8.09. The summed E-state index contributed by atoms with van der Waals surface area (Å²) >= 11 is 0. The van der Waals surface area contributed by atoms with Gasteiger partial charge in [-0.1, -0.05) is 60.7 Å². The number of carboxylic acids is 2. The van der Waals surface area contributed by atoms with E-state index in [1.54, 1.807) is 0 Å². The molecule has 2 aromatic rings. The summed E-state index contributed by atoms with van der Waals surface area (Å²) < 4.78 is 0. The van der Waals surface area contributed by atoms with E-state index >= 15 is 0 Å². The molecule has 0 saturated heterocycles. The second-order valence-corrected chi connectivity index (χ2v) is 6.05.